The highest BCUT2D eigenvalue weighted by atomic mass is 79.9. The SMILES string of the molecule is N#CC#Cc1ccc(Br)cc1[N+](=O)[O-]. The molecular formula is C9H3BrN2O2. The van der Waals surface area contributed by atoms with Gasteiger partial charge in [0.05, 0.1) is 4.92 Å². The van der Waals surface area contributed by atoms with Gasteiger partial charge in [-0.25, -0.2) is 0 Å². The first-order valence-corrected chi connectivity index (χ1v) is 4.28. The van der Waals surface area contributed by atoms with E-state index in [2.05, 4.69) is 27.8 Å². The van der Waals surface area contributed by atoms with Gasteiger partial charge >= 0.3 is 0 Å². The fraction of sp³-hybridized carbons (Fsp3) is 0. The lowest BCUT2D eigenvalue weighted by Gasteiger charge is -1.95. The van der Waals surface area contributed by atoms with Crippen LogP contribution in [0.25, 0.3) is 0 Å². The van der Waals surface area contributed by atoms with Crippen LogP contribution in [0.5, 0.6) is 0 Å². The normalized spacial score (nSPS) is 8.29. The van der Waals surface area contributed by atoms with Gasteiger partial charge in [-0.15, -0.1) is 0 Å². The second-order valence-corrected chi connectivity index (χ2v) is 3.20. The zero-order valence-corrected chi connectivity index (χ0v) is 8.41. The molecule has 0 bridgehead atoms. The van der Waals surface area contributed by atoms with Crippen molar-refractivity contribution in [2.75, 3.05) is 0 Å². The molecule has 0 atom stereocenters. The smallest absolute Gasteiger partial charge is 0.258 e. The van der Waals surface area contributed by atoms with E-state index in [1.54, 1.807) is 12.1 Å². The minimum absolute atomic E-state index is 0.109. The quantitative estimate of drug-likeness (QED) is 0.436. The summed E-state index contributed by atoms with van der Waals surface area (Å²) in [5.41, 5.74) is 0.127. The third-order valence-electron chi connectivity index (χ3n) is 1.41. The van der Waals surface area contributed by atoms with Crippen molar-refractivity contribution in [2.24, 2.45) is 0 Å². The highest BCUT2D eigenvalue weighted by molar-refractivity contribution is 9.10. The Labute approximate surface area is 88.4 Å². The van der Waals surface area contributed by atoms with E-state index in [-0.39, 0.29) is 11.3 Å². The summed E-state index contributed by atoms with van der Waals surface area (Å²) in [6, 6.07) is 6.08. The van der Waals surface area contributed by atoms with Gasteiger partial charge in [-0.2, -0.15) is 5.26 Å². The monoisotopic (exact) mass is 250 g/mol. The van der Waals surface area contributed by atoms with Crippen molar-refractivity contribution >= 4 is 21.6 Å². The van der Waals surface area contributed by atoms with Crippen molar-refractivity contribution < 1.29 is 4.92 Å². The van der Waals surface area contributed by atoms with Crippen molar-refractivity contribution in [1.82, 2.24) is 0 Å². The molecular weight excluding hydrogens is 248 g/mol. The lowest BCUT2D eigenvalue weighted by atomic mass is 10.2. The molecule has 68 valence electrons. The van der Waals surface area contributed by atoms with Crippen LogP contribution in [0.4, 0.5) is 5.69 Å². The van der Waals surface area contributed by atoms with E-state index < -0.39 is 4.92 Å². The topological polar surface area (TPSA) is 66.9 Å². The summed E-state index contributed by atoms with van der Waals surface area (Å²) in [7, 11) is 0. The summed E-state index contributed by atoms with van der Waals surface area (Å²) >= 11 is 3.12. The summed E-state index contributed by atoms with van der Waals surface area (Å²) in [5.74, 6) is 4.51. The Bertz CT molecular complexity index is 480. The molecule has 1 rings (SSSR count). The van der Waals surface area contributed by atoms with Gasteiger partial charge in [0.2, 0.25) is 0 Å². The molecule has 1 aromatic carbocycles. The van der Waals surface area contributed by atoms with Crippen LogP contribution in [0.3, 0.4) is 0 Å². The van der Waals surface area contributed by atoms with Gasteiger partial charge in [0, 0.05) is 16.5 Å². The predicted octanol–water partition coefficient (Wildman–Crippen LogP) is 2.23. The molecule has 0 unspecified atom stereocenters. The Kier molecular flexibility index (Phi) is 3.22. The largest absolute Gasteiger partial charge is 0.286 e. The molecule has 0 aliphatic heterocycles. The fourth-order valence-electron chi connectivity index (χ4n) is 0.857. The van der Waals surface area contributed by atoms with E-state index in [1.165, 1.54) is 12.1 Å². The molecule has 0 aromatic heterocycles. The number of nitro groups is 1. The molecule has 0 aliphatic carbocycles. The molecule has 0 fully saturated rings. The molecule has 0 amide bonds. The van der Waals surface area contributed by atoms with E-state index in [1.807, 2.05) is 0 Å². The first-order chi connectivity index (χ1) is 6.65. The molecule has 0 heterocycles. The molecule has 5 heteroatoms. The molecule has 0 N–H and O–H groups in total. The van der Waals surface area contributed by atoms with Gasteiger partial charge in [0.25, 0.3) is 5.69 Å². The van der Waals surface area contributed by atoms with Crippen molar-refractivity contribution in [3.63, 3.8) is 0 Å². The fourth-order valence-corrected chi connectivity index (χ4v) is 1.21. The van der Waals surface area contributed by atoms with Crippen LogP contribution in [-0.2, 0) is 0 Å². The van der Waals surface area contributed by atoms with Gasteiger partial charge in [-0.1, -0.05) is 15.9 Å². The maximum absolute atomic E-state index is 10.6. The van der Waals surface area contributed by atoms with Gasteiger partial charge in [0.1, 0.15) is 5.56 Å². The number of rotatable bonds is 1. The van der Waals surface area contributed by atoms with Crippen molar-refractivity contribution in [2.45, 2.75) is 0 Å². The maximum atomic E-state index is 10.6. The highest BCUT2D eigenvalue weighted by Gasteiger charge is 2.11. The van der Waals surface area contributed by atoms with Crippen LogP contribution in [0.2, 0.25) is 0 Å². The summed E-state index contributed by atoms with van der Waals surface area (Å²) in [4.78, 5) is 10.0. The van der Waals surface area contributed by atoms with Crippen LogP contribution < -0.4 is 0 Å². The Morgan fingerprint density at radius 3 is 2.79 bits per heavy atom. The van der Waals surface area contributed by atoms with Crippen LogP contribution in [0.15, 0.2) is 22.7 Å². The average molecular weight is 251 g/mol. The molecule has 0 saturated heterocycles. The van der Waals surface area contributed by atoms with E-state index in [9.17, 15) is 10.1 Å². The average Bonchev–Trinajstić information content (AvgIpc) is 2.15. The van der Waals surface area contributed by atoms with Crippen LogP contribution in [0, 0.1) is 33.3 Å². The Morgan fingerprint density at radius 1 is 1.50 bits per heavy atom. The molecule has 14 heavy (non-hydrogen) atoms. The van der Waals surface area contributed by atoms with E-state index in [0.717, 1.165) is 0 Å². The first-order valence-electron chi connectivity index (χ1n) is 3.49. The number of hydrogen-bond acceptors (Lipinski definition) is 3. The van der Waals surface area contributed by atoms with Crippen molar-refractivity contribution in [1.29, 1.82) is 5.26 Å². The number of nitro benzene ring substituents is 1. The van der Waals surface area contributed by atoms with Crippen LogP contribution >= 0.6 is 15.9 Å². The Balaban J connectivity index is 3.30. The second-order valence-electron chi connectivity index (χ2n) is 2.28. The summed E-state index contributed by atoms with van der Waals surface area (Å²) < 4.78 is 0.603. The third-order valence-corrected chi connectivity index (χ3v) is 1.90. The minimum Gasteiger partial charge on any atom is -0.258 e. The Hall–Kier alpha value is -1.85. The number of halogens is 1. The van der Waals surface area contributed by atoms with Crippen molar-refractivity contribution in [3.8, 4) is 17.9 Å². The molecule has 0 saturated carbocycles. The lowest BCUT2D eigenvalue weighted by Crippen LogP contribution is -1.91. The van der Waals surface area contributed by atoms with Gasteiger partial charge < -0.3 is 0 Å². The summed E-state index contributed by atoms with van der Waals surface area (Å²) in [6.45, 7) is 0. The Morgan fingerprint density at radius 2 is 2.21 bits per heavy atom. The van der Waals surface area contributed by atoms with E-state index in [0.29, 0.717) is 4.47 Å². The van der Waals surface area contributed by atoms with E-state index >= 15 is 0 Å². The minimum atomic E-state index is -0.536. The van der Waals surface area contributed by atoms with Crippen molar-refractivity contribution in [3.05, 3.63) is 38.3 Å². The number of nitrogens with zero attached hydrogens (tertiary/aromatic N) is 2. The molecule has 4 nitrogen and oxygen atoms in total. The van der Waals surface area contributed by atoms with Gasteiger partial charge in [-0.05, 0) is 18.1 Å². The number of nitriles is 1. The van der Waals surface area contributed by atoms with E-state index in [4.69, 9.17) is 5.26 Å². The van der Waals surface area contributed by atoms with Gasteiger partial charge in [0.15, 0.2) is 6.07 Å². The van der Waals surface area contributed by atoms with Crippen LogP contribution in [-0.4, -0.2) is 4.92 Å². The number of hydrogen-bond donors (Lipinski definition) is 0. The lowest BCUT2D eigenvalue weighted by molar-refractivity contribution is -0.385. The number of benzene rings is 1. The summed E-state index contributed by atoms with van der Waals surface area (Å²) in [5, 5.41) is 18.8. The zero-order valence-electron chi connectivity index (χ0n) is 6.82. The predicted molar refractivity (Wildman–Crippen MR) is 53.3 cm³/mol. The first kappa shape index (κ1) is 10.2. The maximum Gasteiger partial charge on any atom is 0.286 e. The highest BCUT2D eigenvalue weighted by Crippen LogP contribution is 2.22. The molecule has 0 radical (unpaired) electrons. The molecule has 0 aliphatic rings. The zero-order chi connectivity index (χ0) is 10.6. The van der Waals surface area contributed by atoms with Crippen LogP contribution in [0.1, 0.15) is 5.56 Å². The summed E-state index contributed by atoms with van der Waals surface area (Å²) in [6.07, 6.45) is 0. The molecule has 1 aromatic rings. The second kappa shape index (κ2) is 4.40. The van der Waals surface area contributed by atoms with Gasteiger partial charge in [-0.3, -0.25) is 10.1 Å². The molecule has 0 spiro atoms. The third kappa shape index (κ3) is 2.32. The standard InChI is InChI=1S/C9H3BrN2O2/c10-8-4-3-7(2-1-5-11)9(6-8)12(13)14/h3-4,6H.